The lowest BCUT2D eigenvalue weighted by Crippen LogP contribution is -2.49. The summed E-state index contributed by atoms with van der Waals surface area (Å²) in [6, 6.07) is 5.14. The smallest absolute Gasteiger partial charge is 0.337 e. The lowest BCUT2D eigenvalue weighted by molar-refractivity contribution is 0.0698. The first-order chi connectivity index (χ1) is 9.90. The topological polar surface area (TPSA) is 69.6 Å². The number of carboxylic acids is 1. The van der Waals surface area contributed by atoms with E-state index in [1.165, 1.54) is 0 Å². The molecule has 21 heavy (non-hydrogen) atoms. The molecule has 0 saturated carbocycles. The summed E-state index contributed by atoms with van der Waals surface area (Å²) in [4.78, 5) is 25.6. The maximum Gasteiger partial charge on any atom is 0.337 e. The first-order valence-corrected chi connectivity index (χ1v) is 7.33. The van der Waals surface area contributed by atoms with E-state index in [2.05, 4.69) is 5.32 Å². The summed E-state index contributed by atoms with van der Waals surface area (Å²) in [6.45, 7) is 5.89. The van der Waals surface area contributed by atoms with E-state index in [4.69, 9.17) is 0 Å². The van der Waals surface area contributed by atoms with Crippen LogP contribution in [0.4, 0.5) is 10.5 Å². The van der Waals surface area contributed by atoms with Gasteiger partial charge in [-0.05, 0) is 52.2 Å². The minimum atomic E-state index is -1.03. The summed E-state index contributed by atoms with van der Waals surface area (Å²) in [7, 11) is 0. The number of amides is 2. The average Bonchev–Trinajstić information content (AvgIpc) is 2.40. The zero-order chi connectivity index (χ0) is 15.6. The molecule has 0 aromatic heterocycles. The lowest BCUT2D eigenvalue weighted by Gasteiger charge is -2.39. The number of hydrogen-bond donors (Lipinski definition) is 2. The van der Waals surface area contributed by atoms with Gasteiger partial charge in [0.1, 0.15) is 0 Å². The van der Waals surface area contributed by atoms with Gasteiger partial charge in [-0.3, -0.25) is 0 Å². The van der Waals surface area contributed by atoms with Crippen molar-refractivity contribution >= 4 is 17.7 Å². The van der Waals surface area contributed by atoms with Gasteiger partial charge in [-0.2, -0.15) is 0 Å². The van der Waals surface area contributed by atoms with Crippen LogP contribution in [0.5, 0.6) is 0 Å². The second-order valence-corrected chi connectivity index (χ2v) is 5.82. The highest BCUT2D eigenvalue weighted by molar-refractivity contribution is 6.00. The third kappa shape index (κ3) is 3.35. The number of carboxylic acid groups (broad SMARTS) is 1. The summed E-state index contributed by atoms with van der Waals surface area (Å²) in [5, 5.41) is 12.0. The van der Waals surface area contributed by atoms with Crippen LogP contribution in [-0.2, 0) is 0 Å². The Balaban J connectivity index is 2.21. The number of benzene rings is 1. The van der Waals surface area contributed by atoms with E-state index < -0.39 is 5.97 Å². The number of likely N-dealkylation sites (tertiary alicyclic amines) is 1. The molecule has 0 spiro atoms. The lowest BCUT2D eigenvalue weighted by atomic mass is 9.98. The first-order valence-electron chi connectivity index (χ1n) is 7.33. The Kier molecular flexibility index (Phi) is 4.50. The highest BCUT2D eigenvalue weighted by Crippen LogP contribution is 2.24. The van der Waals surface area contributed by atoms with Crippen LogP contribution in [0.25, 0.3) is 0 Å². The van der Waals surface area contributed by atoms with Crippen LogP contribution in [0.2, 0.25) is 0 Å². The van der Waals surface area contributed by atoms with Gasteiger partial charge in [-0.25, -0.2) is 9.59 Å². The Hall–Kier alpha value is -2.04. The van der Waals surface area contributed by atoms with Gasteiger partial charge in [-0.15, -0.1) is 0 Å². The molecule has 2 atom stereocenters. The largest absolute Gasteiger partial charge is 0.478 e. The molecule has 1 aliphatic rings. The number of hydrogen-bond acceptors (Lipinski definition) is 2. The summed E-state index contributed by atoms with van der Waals surface area (Å²) in [5.74, 6) is -1.03. The summed E-state index contributed by atoms with van der Waals surface area (Å²) in [6.07, 6.45) is 3.09. The van der Waals surface area contributed by atoms with Crippen LogP contribution < -0.4 is 5.32 Å². The number of carbonyl (C=O) groups is 2. The Morgan fingerprint density at radius 3 is 2.43 bits per heavy atom. The minimum Gasteiger partial charge on any atom is -0.478 e. The van der Waals surface area contributed by atoms with Crippen molar-refractivity contribution in [3.63, 3.8) is 0 Å². The molecule has 5 heteroatoms. The maximum atomic E-state index is 12.5. The quantitative estimate of drug-likeness (QED) is 0.876. The van der Waals surface area contributed by atoms with Crippen LogP contribution in [-0.4, -0.2) is 34.1 Å². The van der Waals surface area contributed by atoms with Gasteiger partial charge in [-0.1, -0.05) is 11.6 Å². The van der Waals surface area contributed by atoms with Crippen molar-refractivity contribution in [2.75, 3.05) is 5.32 Å². The molecule has 2 rings (SSSR count). The highest BCUT2D eigenvalue weighted by Gasteiger charge is 2.29. The average molecular weight is 290 g/mol. The van der Waals surface area contributed by atoms with Crippen molar-refractivity contribution in [1.82, 2.24) is 4.90 Å². The predicted molar refractivity (Wildman–Crippen MR) is 81.8 cm³/mol. The molecule has 2 amide bonds. The van der Waals surface area contributed by atoms with Gasteiger partial charge in [0, 0.05) is 12.1 Å². The Morgan fingerprint density at radius 1 is 1.24 bits per heavy atom. The second-order valence-electron chi connectivity index (χ2n) is 5.82. The third-order valence-corrected chi connectivity index (χ3v) is 4.08. The molecule has 2 N–H and O–H groups in total. The van der Waals surface area contributed by atoms with Crippen molar-refractivity contribution in [3.05, 3.63) is 29.3 Å². The Labute approximate surface area is 125 Å². The number of aromatic carboxylic acids is 1. The SMILES string of the molecule is Cc1ccc(NC(=O)N2[C@H](C)CCC[C@@H]2C)c(C(=O)O)c1. The number of nitrogens with zero attached hydrogens (tertiary/aromatic N) is 1. The van der Waals surface area contributed by atoms with Crippen molar-refractivity contribution in [3.8, 4) is 0 Å². The molecule has 1 fully saturated rings. The van der Waals surface area contributed by atoms with E-state index in [-0.39, 0.29) is 23.7 Å². The van der Waals surface area contributed by atoms with E-state index in [0.29, 0.717) is 5.69 Å². The van der Waals surface area contributed by atoms with Crippen LogP contribution in [0, 0.1) is 6.92 Å². The van der Waals surface area contributed by atoms with Gasteiger partial charge in [0.2, 0.25) is 0 Å². The molecule has 0 aliphatic carbocycles. The van der Waals surface area contributed by atoms with Gasteiger partial charge < -0.3 is 15.3 Å². The molecule has 1 saturated heterocycles. The molecular formula is C16H22N2O3. The fourth-order valence-electron chi connectivity index (χ4n) is 2.95. The molecule has 1 aromatic rings. The van der Waals surface area contributed by atoms with Gasteiger partial charge in [0.15, 0.2) is 0 Å². The standard InChI is InChI=1S/C16H22N2O3/c1-10-7-8-14(13(9-10)15(19)20)17-16(21)18-11(2)5-4-6-12(18)3/h7-9,11-12H,4-6H2,1-3H3,(H,17,21)(H,19,20)/t11-,12+. The molecule has 1 aliphatic heterocycles. The highest BCUT2D eigenvalue weighted by atomic mass is 16.4. The van der Waals surface area contributed by atoms with E-state index >= 15 is 0 Å². The van der Waals surface area contributed by atoms with E-state index in [1.807, 2.05) is 25.7 Å². The second kappa shape index (κ2) is 6.16. The number of aryl methyl sites for hydroxylation is 1. The van der Waals surface area contributed by atoms with Crippen LogP contribution in [0.1, 0.15) is 49.0 Å². The van der Waals surface area contributed by atoms with Gasteiger partial charge in [0.25, 0.3) is 0 Å². The molecule has 0 radical (unpaired) electrons. The number of piperidine rings is 1. The number of anilines is 1. The fourth-order valence-corrected chi connectivity index (χ4v) is 2.95. The Bertz CT molecular complexity index is 546. The molecular weight excluding hydrogens is 268 g/mol. The molecule has 0 unspecified atom stereocenters. The number of carbonyl (C=O) groups excluding carboxylic acids is 1. The summed E-state index contributed by atoms with van der Waals surface area (Å²) in [5.41, 5.74) is 1.33. The summed E-state index contributed by atoms with van der Waals surface area (Å²) < 4.78 is 0. The van der Waals surface area contributed by atoms with Crippen LogP contribution in [0.15, 0.2) is 18.2 Å². The Morgan fingerprint density at radius 2 is 1.86 bits per heavy atom. The number of nitrogens with one attached hydrogen (secondary N) is 1. The van der Waals surface area contributed by atoms with Gasteiger partial charge in [0.05, 0.1) is 11.3 Å². The predicted octanol–water partition coefficient (Wildman–Crippen LogP) is 3.49. The minimum absolute atomic E-state index is 0.126. The zero-order valence-electron chi connectivity index (χ0n) is 12.7. The normalized spacial score (nSPS) is 22.0. The van der Waals surface area contributed by atoms with E-state index in [0.717, 1.165) is 24.8 Å². The zero-order valence-corrected chi connectivity index (χ0v) is 12.7. The van der Waals surface area contributed by atoms with Crippen LogP contribution in [0.3, 0.4) is 0 Å². The molecule has 5 nitrogen and oxygen atoms in total. The van der Waals surface area contributed by atoms with Crippen molar-refractivity contribution in [2.45, 2.75) is 52.1 Å². The third-order valence-electron chi connectivity index (χ3n) is 4.08. The molecule has 114 valence electrons. The van der Waals surface area contributed by atoms with Crippen molar-refractivity contribution in [1.29, 1.82) is 0 Å². The van der Waals surface area contributed by atoms with E-state index in [9.17, 15) is 14.7 Å². The van der Waals surface area contributed by atoms with Gasteiger partial charge >= 0.3 is 12.0 Å². The maximum absolute atomic E-state index is 12.5. The van der Waals surface area contributed by atoms with Crippen molar-refractivity contribution < 1.29 is 14.7 Å². The van der Waals surface area contributed by atoms with Crippen molar-refractivity contribution in [2.24, 2.45) is 0 Å². The molecule has 0 bridgehead atoms. The molecule has 1 aromatic carbocycles. The number of rotatable bonds is 2. The molecule has 1 heterocycles. The van der Waals surface area contributed by atoms with Crippen LogP contribution >= 0.6 is 0 Å². The first kappa shape index (κ1) is 15.4. The fraction of sp³-hybridized carbons (Fsp3) is 0.500. The summed E-state index contributed by atoms with van der Waals surface area (Å²) >= 11 is 0. The monoisotopic (exact) mass is 290 g/mol. The van der Waals surface area contributed by atoms with E-state index in [1.54, 1.807) is 18.2 Å². The number of urea groups is 1.